The van der Waals surface area contributed by atoms with Gasteiger partial charge in [0.15, 0.2) is 0 Å². The molecule has 1 amide bonds. The molecule has 0 atom stereocenters. The normalized spacial score (nSPS) is 16.4. The van der Waals surface area contributed by atoms with Gasteiger partial charge in [0.1, 0.15) is 0 Å². The van der Waals surface area contributed by atoms with Gasteiger partial charge in [0.25, 0.3) is 0 Å². The molecule has 1 fully saturated rings. The maximum Gasteiger partial charge on any atom is 0.237 e. The van der Waals surface area contributed by atoms with E-state index in [1.165, 1.54) is 4.31 Å². The monoisotopic (exact) mass is 402 g/mol. The van der Waals surface area contributed by atoms with Crippen molar-refractivity contribution in [3.63, 3.8) is 0 Å². The molecule has 0 N–H and O–H groups in total. The van der Waals surface area contributed by atoms with Gasteiger partial charge in [0, 0.05) is 24.1 Å². The number of benzene rings is 1. The van der Waals surface area contributed by atoms with Crippen LogP contribution < -0.4 is 0 Å². The molecule has 1 saturated heterocycles. The van der Waals surface area contributed by atoms with Crippen LogP contribution in [0.4, 0.5) is 0 Å². The lowest BCUT2D eigenvalue weighted by Gasteiger charge is -2.25. The van der Waals surface area contributed by atoms with Crippen LogP contribution in [0.25, 0.3) is 0 Å². The lowest BCUT2D eigenvalue weighted by atomic mass is 10.2. The van der Waals surface area contributed by atoms with E-state index in [-0.39, 0.29) is 19.0 Å². The summed E-state index contributed by atoms with van der Waals surface area (Å²) in [4.78, 5) is 14.3. The number of amides is 1. The molecule has 0 bridgehead atoms. The zero-order chi connectivity index (χ0) is 16.9. The number of halogens is 1. The van der Waals surface area contributed by atoms with Crippen LogP contribution in [0.2, 0.25) is 0 Å². The van der Waals surface area contributed by atoms with Crippen LogP contribution in [0.1, 0.15) is 31.2 Å². The van der Waals surface area contributed by atoms with Gasteiger partial charge in [-0.2, -0.15) is 4.31 Å². The summed E-state index contributed by atoms with van der Waals surface area (Å²) in [6.45, 7) is 1.59. The molecule has 0 spiro atoms. The molecule has 1 heterocycles. The van der Waals surface area contributed by atoms with Crippen molar-refractivity contribution in [1.29, 1.82) is 0 Å². The molecule has 1 aromatic rings. The summed E-state index contributed by atoms with van der Waals surface area (Å²) in [5.74, 6) is -0.102. The van der Waals surface area contributed by atoms with Crippen LogP contribution in [-0.2, 0) is 21.4 Å². The summed E-state index contributed by atoms with van der Waals surface area (Å²) < 4.78 is 26.3. The van der Waals surface area contributed by atoms with Gasteiger partial charge in [-0.3, -0.25) is 4.79 Å². The highest BCUT2D eigenvalue weighted by Gasteiger charge is 2.24. The van der Waals surface area contributed by atoms with Crippen LogP contribution in [0.5, 0.6) is 0 Å². The first-order chi connectivity index (χ1) is 10.9. The van der Waals surface area contributed by atoms with E-state index in [0.717, 1.165) is 55.1 Å². The molecular weight excluding hydrogens is 380 g/mol. The van der Waals surface area contributed by atoms with Gasteiger partial charge < -0.3 is 4.90 Å². The second-order valence-corrected chi connectivity index (χ2v) is 8.85. The first-order valence-electron chi connectivity index (χ1n) is 7.83. The van der Waals surface area contributed by atoms with Crippen molar-refractivity contribution in [2.75, 3.05) is 25.9 Å². The fourth-order valence-corrected chi connectivity index (χ4v) is 3.65. The smallest absolute Gasteiger partial charge is 0.237 e. The van der Waals surface area contributed by atoms with Gasteiger partial charge >= 0.3 is 0 Å². The molecule has 5 nitrogen and oxygen atoms in total. The van der Waals surface area contributed by atoms with E-state index in [9.17, 15) is 13.2 Å². The first kappa shape index (κ1) is 18.4. The van der Waals surface area contributed by atoms with Crippen molar-refractivity contribution >= 4 is 31.9 Å². The van der Waals surface area contributed by atoms with Gasteiger partial charge in [-0.1, -0.05) is 40.9 Å². The Hall–Kier alpha value is -0.920. The zero-order valence-corrected chi connectivity index (χ0v) is 15.8. The Morgan fingerprint density at radius 1 is 1.13 bits per heavy atom. The quantitative estimate of drug-likeness (QED) is 0.760. The highest BCUT2D eigenvalue weighted by Crippen LogP contribution is 2.15. The Morgan fingerprint density at radius 2 is 1.70 bits per heavy atom. The minimum absolute atomic E-state index is 0.0884. The van der Waals surface area contributed by atoms with Crippen LogP contribution in [0, 0.1) is 0 Å². The maximum atomic E-state index is 12.5. The van der Waals surface area contributed by atoms with Gasteiger partial charge in [-0.05, 0) is 30.5 Å². The third-order valence-corrected chi connectivity index (χ3v) is 5.74. The Balaban J connectivity index is 2.06. The Morgan fingerprint density at radius 3 is 2.22 bits per heavy atom. The third-order valence-electron chi connectivity index (χ3n) is 4.01. The van der Waals surface area contributed by atoms with Gasteiger partial charge in [-0.15, -0.1) is 0 Å². The van der Waals surface area contributed by atoms with E-state index in [1.54, 1.807) is 4.90 Å². The molecule has 0 aromatic heterocycles. The fourth-order valence-electron chi connectivity index (χ4n) is 2.65. The number of hydrogen-bond acceptors (Lipinski definition) is 3. The lowest BCUT2D eigenvalue weighted by molar-refractivity contribution is -0.131. The van der Waals surface area contributed by atoms with E-state index >= 15 is 0 Å². The number of carbonyl (C=O) groups excluding carboxylic acids is 1. The number of sulfonamides is 1. The summed E-state index contributed by atoms with van der Waals surface area (Å²) in [7, 11) is -3.44. The summed E-state index contributed by atoms with van der Waals surface area (Å²) in [6, 6.07) is 7.45. The molecule has 1 aliphatic rings. The lowest BCUT2D eigenvalue weighted by Crippen LogP contribution is -2.42. The predicted molar refractivity (Wildman–Crippen MR) is 94.4 cm³/mol. The molecule has 0 radical (unpaired) electrons. The predicted octanol–water partition coefficient (Wildman–Crippen LogP) is 2.61. The van der Waals surface area contributed by atoms with Gasteiger partial charge in [0.2, 0.25) is 15.9 Å². The van der Waals surface area contributed by atoms with Crippen molar-refractivity contribution in [2.45, 2.75) is 32.2 Å². The Labute approximate surface area is 146 Å². The number of likely N-dealkylation sites (tertiary alicyclic amines) is 1. The second-order valence-electron chi connectivity index (χ2n) is 5.95. The molecule has 23 heavy (non-hydrogen) atoms. The third kappa shape index (κ3) is 5.90. The first-order valence-corrected chi connectivity index (χ1v) is 10.5. The van der Waals surface area contributed by atoms with Crippen molar-refractivity contribution in [3.05, 3.63) is 34.3 Å². The number of carbonyl (C=O) groups is 1. The standard InChI is InChI=1S/C16H23BrN2O3S/c1-23(21,22)19(12-14-6-8-15(17)9-7-14)13-16(20)18-10-4-2-3-5-11-18/h6-9H,2-5,10-13H2,1H3. The minimum Gasteiger partial charge on any atom is -0.342 e. The average Bonchev–Trinajstić information content (AvgIpc) is 2.77. The van der Waals surface area contributed by atoms with E-state index < -0.39 is 10.0 Å². The molecule has 1 aliphatic heterocycles. The summed E-state index contributed by atoms with van der Waals surface area (Å²) in [5.41, 5.74) is 0.863. The Kier molecular flexibility index (Phi) is 6.61. The van der Waals surface area contributed by atoms with Gasteiger partial charge in [0.05, 0.1) is 12.8 Å². The maximum absolute atomic E-state index is 12.5. The van der Waals surface area contributed by atoms with Crippen LogP contribution in [0.15, 0.2) is 28.7 Å². The molecule has 0 aliphatic carbocycles. The van der Waals surface area contributed by atoms with Crippen LogP contribution >= 0.6 is 15.9 Å². The number of rotatable bonds is 5. The summed E-state index contributed by atoms with van der Waals surface area (Å²) in [5, 5.41) is 0. The van der Waals surface area contributed by atoms with Crippen molar-refractivity contribution in [1.82, 2.24) is 9.21 Å². The van der Waals surface area contributed by atoms with Crippen molar-refractivity contribution in [2.24, 2.45) is 0 Å². The van der Waals surface area contributed by atoms with Crippen LogP contribution in [-0.4, -0.2) is 49.4 Å². The molecular formula is C16H23BrN2O3S. The highest BCUT2D eigenvalue weighted by molar-refractivity contribution is 9.10. The summed E-state index contributed by atoms with van der Waals surface area (Å²) in [6.07, 6.45) is 5.42. The van der Waals surface area contributed by atoms with Gasteiger partial charge in [-0.25, -0.2) is 8.42 Å². The molecule has 7 heteroatoms. The van der Waals surface area contributed by atoms with Crippen LogP contribution in [0.3, 0.4) is 0 Å². The Bertz CT molecular complexity index is 623. The minimum atomic E-state index is -3.44. The number of nitrogens with zero attached hydrogens (tertiary/aromatic N) is 2. The largest absolute Gasteiger partial charge is 0.342 e. The number of hydrogen-bond donors (Lipinski definition) is 0. The van der Waals surface area contributed by atoms with E-state index in [1.807, 2.05) is 24.3 Å². The van der Waals surface area contributed by atoms with E-state index in [4.69, 9.17) is 0 Å². The molecule has 2 rings (SSSR count). The van der Waals surface area contributed by atoms with Crippen molar-refractivity contribution in [3.8, 4) is 0 Å². The highest BCUT2D eigenvalue weighted by atomic mass is 79.9. The molecule has 1 aromatic carbocycles. The van der Waals surface area contributed by atoms with Crippen molar-refractivity contribution < 1.29 is 13.2 Å². The molecule has 0 unspecified atom stereocenters. The summed E-state index contributed by atoms with van der Waals surface area (Å²) >= 11 is 3.36. The second kappa shape index (κ2) is 8.26. The average molecular weight is 403 g/mol. The molecule has 128 valence electrons. The fraction of sp³-hybridized carbons (Fsp3) is 0.562. The zero-order valence-electron chi connectivity index (χ0n) is 13.4. The van der Waals surface area contributed by atoms with E-state index in [0.29, 0.717) is 0 Å². The SMILES string of the molecule is CS(=O)(=O)N(CC(=O)N1CCCCCC1)Cc1ccc(Br)cc1. The van der Waals surface area contributed by atoms with E-state index in [2.05, 4.69) is 15.9 Å². The molecule has 0 saturated carbocycles. The topological polar surface area (TPSA) is 57.7 Å².